The van der Waals surface area contributed by atoms with Crippen LogP contribution in [0.25, 0.3) is 0 Å². The number of hydrogen-bond acceptors (Lipinski definition) is 3. The van der Waals surface area contributed by atoms with Crippen LogP contribution in [0.5, 0.6) is 5.75 Å². The van der Waals surface area contributed by atoms with Gasteiger partial charge in [0.2, 0.25) is 0 Å². The minimum atomic E-state index is -0.513. The summed E-state index contributed by atoms with van der Waals surface area (Å²) in [6, 6.07) is 13.1. The Labute approximate surface area is 164 Å². The first-order valence-corrected chi connectivity index (χ1v) is 9.59. The molecule has 0 aromatic heterocycles. The lowest BCUT2D eigenvalue weighted by Gasteiger charge is -2.31. The Bertz CT molecular complexity index is 834. The van der Waals surface area contributed by atoms with Crippen molar-refractivity contribution in [3.8, 4) is 5.75 Å². The van der Waals surface area contributed by atoms with Gasteiger partial charge in [0.15, 0.2) is 6.61 Å². The molecule has 1 N–H and O–H groups in total. The molecule has 28 heavy (non-hydrogen) atoms. The van der Waals surface area contributed by atoms with E-state index in [1.54, 1.807) is 41.3 Å². The lowest BCUT2D eigenvalue weighted by atomic mass is 9.94. The monoisotopic (exact) mass is 384 g/mol. The number of hydrogen-bond donors (Lipinski definition) is 1. The second kappa shape index (κ2) is 9.35. The number of nitrogens with zero attached hydrogens (tertiary/aromatic N) is 1. The molecule has 0 aliphatic heterocycles. The van der Waals surface area contributed by atoms with Gasteiger partial charge in [-0.1, -0.05) is 43.5 Å². The van der Waals surface area contributed by atoms with Gasteiger partial charge in [-0.15, -0.1) is 0 Å². The Morgan fingerprint density at radius 3 is 2.50 bits per heavy atom. The van der Waals surface area contributed by atoms with Gasteiger partial charge in [-0.25, -0.2) is 4.39 Å². The minimum Gasteiger partial charge on any atom is -0.483 e. The van der Waals surface area contributed by atoms with Crippen molar-refractivity contribution in [2.24, 2.45) is 0 Å². The van der Waals surface area contributed by atoms with Gasteiger partial charge in [-0.2, -0.15) is 0 Å². The van der Waals surface area contributed by atoms with Gasteiger partial charge in [-0.3, -0.25) is 9.59 Å². The number of carbonyl (C=O) groups is 2. The second-order valence-electron chi connectivity index (χ2n) is 7.02. The predicted molar refractivity (Wildman–Crippen MR) is 106 cm³/mol. The molecule has 2 amide bonds. The molecule has 1 saturated carbocycles. The maximum Gasteiger partial charge on any atom is 0.262 e. The van der Waals surface area contributed by atoms with Crippen LogP contribution in [-0.2, 0) is 4.79 Å². The summed E-state index contributed by atoms with van der Waals surface area (Å²) in [7, 11) is 1.82. The van der Waals surface area contributed by atoms with Crippen molar-refractivity contribution in [1.29, 1.82) is 0 Å². The highest BCUT2D eigenvalue weighted by Crippen LogP contribution is 2.26. The van der Waals surface area contributed by atoms with Gasteiger partial charge in [-0.05, 0) is 37.1 Å². The molecule has 0 bridgehead atoms. The molecule has 0 atom stereocenters. The molecule has 0 unspecified atom stereocenters. The van der Waals surface area contributed by atoms with Crippen LogP contribution in [0.2, 0.25) is 0 Å². The molecule has 5 nitrogen and oxygen atoms in total. The van der Waals surface area contributed by atoms with Gasteiger partial charge in [0, 0.05) is 13.1 Å². The van der Waals surface area contributed by atoms with Crippen LogP contribution in [0.4, 0.5) is 10.1 Å². The van der Waals surface area contributed by atoms with E-state index < -0.39 is 11.7 Å². The van der Waals surface area contributed by atoms with Crippen molar-refractivity contribution in [3.05, 3.63) is 59.9 Å². The standard InChI is InChI=1S/C22H25FN2O3/c1-25(16-9-3-2-4-10-16)22(27)17-11-5-8-14-20(17)28-15-21(26)24-19-13-7-6-12-18(19)23/h5-8,11-14,16H,2-4,9-10,15H2,1H3,(H,24,26). The number of halogens is 1. The number of anilines is 1. The molecule has 1 aliphatic rings. The summed E-state index contributed by atoms with van der Waals surface area (Å²) < 4.78 is 19.2. The fraction of sp³-hybridized carbons (Fsp3) is 0.364. The van der Waals surface area contributed by atoms with E-state index in [1.807, 2.05) is 7.05 Å². The molecule has 148 valence electrons. The van der Waals surface area contributed by atoms with Gasteiger partial charge in [0.25, 0.3) is 11.8 Å². The molecule has 1 aliphatic carbocycles. The molecule has 0 radical (unpaired) electrons. The first kappa shape index (κ1) is 19.9. The highest BCUT2D eigenvalue weighted by molar-refractivity contribution is 5.97. The SMILES string of the molecule is CN(C(=O)c1ccccc1OCC(=O)Nc1ccccc1F)C1CCCCC1. The van der Waals surface area contributed by atoms with Gasteiger partial charge < -0.3 is 15.0 Å². The van der Waals surface area contributed by atoms with Crippen LogP contribution >= 0.6 is 0 Å². The zero-order chi connectivity index (χ0) is 19.9. The maximum absolute atomic E-state index is 13.6. The Balaban J connectivity index is 1.64. The summed E-state index contributed by atoms with van der Waals surface area (Å²) in [6.45, 7) is -0.314. The van der Waals surface area contributed by atoms with E-state index in [9.17, 15) is 14.0 Å². The molecule has 2 aromatic rings. The highest BCUT2D eigenvalue weighted by Gasteiger charge is 2.25. The average Bonchev–Trinajstić information content (AvgIpc) is 2.73. The third kappa shape index (κ3) is 4.88. The van der Waals surface area contributed by atoms with Crippen LogP contribution in [0.3, 0.4) is 0 Å². The van der Waals surface area contributed by atoms with Crippen molar-refractivity contribution in [3.63, 3.8) is 0 Å². The van der Waals surface area contributed by atoms with Crippen molar-refractivity contribution < 1.29 is 18.7 Å². The lowest BCUT2D eigenvalue weighted by molar-refractivity contribution is -0.118. The molecule has 0 saturated heterocycles. The van der Waals surface area contributed by atoms with Crippen LogP contribution in [0, 0.1) is 5.82 Å². The minimum absolute atomic E-state index is 0.0949. The van der Waals surface area contributed by atoms with E-state index >= 15 is 0 Å². The second-order valence-corrected chi connectivity index (χ2v) is 7.02. The van der Waals surface area contributed by atoms with Crippen LogP contribution in [0.15, 0.2) is 48.5 Å². The number of rotatable bonds is 6. The van der Waals surface area contributed by atoms with E-state index in [4.69, 9.17) is 4.74 Å². The first-order chi connectivity index (χ1) is 13.6. The summed E-state index contributed by atoms with van der Waals surface area (Å²) in [6.07, 6.45) is 5.51. The van der Waals surface area contributed by atoms with E-state index in [1.165, 1.54) is 18.6 Å². The third-order valence-corrected chi connectivity index (χ3v) is 5.07. The van der Waals surface area contributed by atoms with Crippen LogP contribution < -0.4 is 10.1 Å². The molecule has 6 heteroatoms. The normalized spacial score (nSPS) is 14.4. The molecule has 3 rings (SSSR count). The predicted octanol–water partition coefficient (Wildman–Crippen LogP) is 4.25. The summed E-state index contributed by atoms with van der Waals surface area (Å²) in [5, 5.41) is 2.47. The average molecular weight is 384 g/mol. The quantitative estimate of drug-likeness (QED) is 0.810. The van der Waals surface area contributed by atoms with Crippen molar-refractivity contribution in [2.45, 2.75) is 38.1 Å². The lowest BCUT2D eigenvalue weighted by Crippen LogP contribution is -2.38. The van der Waals surface area contributed by atoms with Crippen molar-refractivity contribution in [2.75, 3.05) is 19.0 Å². The number of carbonyl (C=O) groups excluding carboxylic acids is 2. The number of benzene rings is 2. The number of nitrogens with one attached hydrogen (secondary N) is 1. The zero-order valence-electron chi connectivity index (χ0n) is 16.0. The van der Waals surface area contributed by atoms with E-state index in [2.05, 4.69) is 5.32 Å². The first-order valence-electron chi connectivity index (χ1n) is 9.59. The molecule has 2 aromatic carbocycles. The maximum atomic E-state index is 13.6. The summed E-state index contributed by atoms with van der Waals surface area (Å²) in [4.78, 5) is 26.8. The van der Waals surface area contributed by atoms with Gasteiger partial charge in [0.1, 0.15) is 11.6 Å². The largest absolute Gasteiger partial charge is 0.483 e. The summed E-state index contributed by atoms with van der Waals surface area (Å²) in [5.74, 6) is -0.774. The molecule has 1 fully saturated rings. The summed E-state index contributed by atoms with van der Waals surface area (Å²) >= 11 is 0. The topological polar surface area (TPSA) is 58.6 Å². The van der Waals surface area contributed by atoms with Crippen molar-refractivity contribution in [1.82, 2.24) is 4.90 Å². The number of ether oxygens (including phenoxy) is 1. The van der Waals surface area contributed by atoms with Crippen LogP contribution in [-0.4, -0.2) is 36.4 Å². The fourth-order valence-electron chi connectivity index (χ4n) is 3.49. The Hall–Kier alpha value is -2.89. The summed E-state index contributed by atoms with van der Waals surface area (Å²) in [5.41, 5.74) is 0.520. The van der Waals surface area contributed by atoms with E-state index in [0.717, 1.165) is 25.7 Å². The molecule has 0 spiro atoms. The molecule has 0 heterocycles. The van der Waals surface area contributed by atoms with Gasteiger partial charge in [0.05, 0.1) is 11.3 Å². The van der Waals surface area contributed by atoms with Gasteiger partial charge >= 0.3 is 0 Å². The third-order valence-electron chi connectivity index (χ3n) is 5.07. The smallest absolute Gasteiger partial charge is 0.262 e. The Morgan fingerprint density at radius 1 is 1.07 bits per heavy atom. The number of para-hydroxylation sites is 2. The fourth-order valence-corrected chi connectivity index (χ4v) is 3.49. The Kier molecular flexibility index (Phi) is 6.63. The number of amides is 2. The van der Waals surface area contributed by atoms with Crippen LogP contribution in [0.1, 0.15) is 42.5 Å². The van der Waals surface area contributed by atoms with E-state index in [0.29, 0.717) is 11.3 Å². The zero-order valence-corrected chi connectivity index (χ0v) is 16.0. The van der Waals surface area contributed by atoms with Crippen molar-refractivity contribution >= 4 is 17.5 Å². The molecular weight excluding hydrogens is 359 g/mol. The van der Waals surface area contributed by atoms with E-state index in [-0.39, 0.29) is 24.2 Å². The Morgan fingerprint density at radius 2 is 1.75 bits per heavy atom. The highest BCUT2D eigenvalue weighted by atomic mass is 19.1. The molecular formula is C22H25FN2O3.